The van der Waals surface area contributed by atoms with Crippen LogP contribution in [-0.2, 0) is 14.8 Å². The Morgan fingerprint density at radius 2 is 1.70 bits per heavy atom. The Kier molecular flexibility index (Phi) is 6.01. The van der Waals surface area contributed by atoms with E-state index in [4.69, 9.17) is 4.74 Å². The van der Waals surface area contributed by atoms with Gasteiger partial charge < -0.3 is 14.5 Å². The molecule has 3 rings (SSSR count). The monoisotopic (exact) mass is 395 g/mol. The smallest absolute Gasteiger partial charge is 0.257 e. The van der Waals surface area contributed by atoms with E-state index >= 15 is 0 Å². The average molecular weight is 395 g/mol. The maximum atomic E-state index is 13.0. The SMILES string of the molecule is COc1ccc(S(=O)(=O)N2CCN(C=O)CC2)cc1C(=O)N1CCCCC1. The molecule has 2 aliphatic heterocycles. The van der Waals surface area contributed by atoms with E-state index in [-0.39, 0.29) is 29.5 Å². The first-order valence-electron chi connectivity index (χ1n) is 9.14. The van der Waals surface area contributed by atoms with Crippen molar-refractivity contribution < 1.29 is 22.7 Å². The van der Waals surface area contributed by atoms with E-state index in [2.05, 4.69) is 0 Å². The molecule has 1 aromatic rings. The highest BCUT2D eigenvalue weighted by Crippen LogP contribution is 2.27. The summed E-state index contributed by atoms with van der Waals surface area (Å²) in [5.41, 5.74) is 0.270. The molecule has 0 aliphatic carbocycles. The first-order valence-corrected chi connectivity index (χ1v) is 10.6. The molecule has 0 saturated carbocycles. The number of sulfonamides is 1. The lowest BCUT2D eigenvalue weighted by molar-refractivity contribution is -0.119. The lowest BCUT2D eigenvalue weighted by Crippen LogP contribution is -2.48. The van der Waals surface area contributed by atoms with Crippen LogP contribution >= 0.6 is 0 Å². The second kappa shape index (κ2) is 8.26. The molecule has 0 spiro atoms. The van der Waals surface area contributed by atoms with Crippen molar-refractivity contribution in [1.82, 2.24) is 14.1 Å². The van der Waals surface area contributed by atoms with E-state index in [0.717, 1.165) is 25.7 Å². The van der Waals surface area contributed by atoms with Gasteiger partial charge in [-0.2, -0.15) is 4.31 Å². The molecule has 2 aliphatic rings. The first kappa shape index (κ1) is 19.6. The van der Waals surface area contributed by atoms with Gasteiger partial charge in [0.25, 0.3) is 5.91 Å². The zero-order valence-electron chi connectivity index (χ0n) is 15.5. The number of piperidine rings is 1. The molecule has 27 heavy (non-hydrogen) atoms. The number of ether oxygens (including phenoxy) is 1. The van der Waals surface area contributed by atoms with Gasteiger partial charge in [-0.3, -0.25) is 9.59 Å². The van der Waals surface area contributed by atoms with Crippen molar-refractivity contribution >= 4 is 22.3 Å². The summed E-state index contributed by atoms with van der Waals surface area (Å²) in [4.78, 5) is 27.1. The summed E-state index contributed by atoms with van der Waals surface area (Å²) in [6, 6.07) is 4.41. The molecule has 0 bridgehead atoms. The fourth-order valence-electron chi connectivity index (χ4n) is 3.48. The number of carbonyl (C=O) groups is 2. The summed E-state index contributed by atoms with van der Waals surface area (Å²) in [5, 5.41) is 0. The van der Waals surface area contributed by atoms with Crippen molar-refractivity contribution in [2.75, 3.05) is 46.4 Å². The number of nitrogens with zero attached hydrogens (tertiary/aromatic N) is 3. The van der Waals surface area contributed by atoms with Crippen LogP contribution in [0.4, 0.5) is 0 Å². The van der Waals surface area contributed by atoms with Gasteiger partial charge in [-0.25, -0.2) is 8.42 Å². The second-order valence-corrected chi connectivity index (χ2v) is 8.70. The average Bonchev–Trinajstić information content (AvgIpc) is 2.73. The van der Waals surface area contributed by atoms with E-state index < -0.39 is 10.0 Å². The topological polar surface area (TPSA) is 87.2 Å². The van der Waals surface area contributed by atoms with Crippen molar-refractivity contribution in [1.29, 1.82) is 0 Å². The molecule has 2 amide bonds. The molecule has 8 nitrogen and oxygen atoms in total. The number of methoxy groups -OCH3 is 1. The molecule has 2 fully saturated rings. The number of piperazine rings is 1. The molecule has 9 heteroatoms. The van der Waals surface area contributed by atoms with Gasteiger partial charge >= 0.3 is 0 Å². The molecule has 2 saturated heterocycles. The van der Waals surface area contributed by atoms with Crippen molar-refractivity contribution in [2.45, 2.75) is 24.2 Å². The number of hydrogen-bond acceptors (Lipinski definition) is 5. The molecular formula is C18H25N3O5S. The number of carbonyl (C=O) groups excluding carboxylic acids is 2. The van der Waals surface area contributed by atoms with Gasteiger partial charge in [-0.15, -0.1) is 0 Å². The Labute approximate surface area is 159 Å². The van der Waals surface area contributed by atoms with Crippen LogP contribution in [0, 0.1) is 0 Å². The number of rotatable bonds is 5. The molecule has 2 heterocycles. The lowest BCUT2D eigenvalue weighted by Gasteiger charge is -2.32. The van der Waals surface area contributed by atoms with Crippen LogP contribution in [-0.4, -0.2) is 81.2 Å². The molecule has 0 aromatic heterocycles. The van der Waals surface area contributed by atoms with Crippen LogP contribution in [0.3, 0.4) is 0 Å². The number of benzene rings is 1. The minimum Gasteiger partial charge on any atom is -0.496 e. The zero-order valence-corrected chi connectivity index (χ0v) is 16.3. The van der Waals surface area contributed by atoms with Crippen LogP contribution in [0.15, 0.2) is 23.1 Å². The third kappa shape index (κ3) is 4.08. The summed E-state index contributed by atoms with van der Waals surface area (Å²) in [6.07, 6.45) is 3.73. The van der Waals surface area contributed by atoms with Crippen LogP contribution in [0.1, 0.15) is 29.6 Å². The van der Waals surface area contributed by atoms with Gasteiger partial charge in [0.05, 0.1) is 17.6 Å². The Balaban J connectivity index is 1.87. The van der Waals surface area contributed by atoms with E-state index in [1.807, 2.05) is 0 Å². The fraction of sp³-hybridized carbons (Fsp3) is 0.556. The molecule has 0 atom stereocenters. The fourth-order valence-corrected chi connectivity index (χ4v) is 4.93. The van der Waals surface area contributed by atoms with Gasteiger partial charge in [-0.05, 0) is 37.5 Å². The highest BCUT2D eigenvalue weighted by atomic mass is 32.2. The quantitative estimate of drug-likeness (QED) is 0.688. The highest BCUT2D eigenvalue weighted by molar-refractivity contribution is 7.89. The molecule has 0 unspecified atom stereocenters. The van der Waals surface area contributed by atoms with Gasteiger partial charge in [0.1, 0.15) is 5.75 Å². The zero-order chi connectivity index (χ0) is 19.4. The van der Waals surface area contributed by atoms with Gasteiger partial charge in [0.2, 0.25) is 16.4 Å². The molecule has 1 aromatic carbocycles. The summed E-state index contributed by atoms with van der Waals surface area (Å²) in [7, 11) is -2.27. The predicted molar refractivity (Wildman–Crippen MR) is 99.1 cm³/mol. The van der Waals surface area contributed by atoms with Gasteiger partial charge in [0, 0.05) is 39.3 Å². The normalized spacial score (nSPS) is 19.0. The maximum Gasteiger partial charge on any atom is 0.257 e. The summed E-state index contributed by atoms with van der Waals surface area (Å²) in [6.45, 7) is 2.54. The number of amides is 2. The van der Waals surface area contributed by atoms with Crippen molar-refractivity contribution in [3.8, 4) is 5.75 Å². The Bertz CT molecular complexity index is 797. The van der Waals surface area contributed by atoms with E-state index in [1.54, 1.807) is 9.80 Å². The Morgan fingerprint density at radius 1 is 1.04 bits per heavy atom. The van der Waals surface area contributed by atoms with E-state index in [0.29, 0.717) is 31.9 Å². The predicted octanol–water partition coefficient (Wildman–Crippen LogP) is 0.784. The Morgan fingerprint density at radius 3 is 2.30 bits per heavy atom. The van der Waals surface area contributed by atoms with Crippen LogP contribution in [0.25, 0.3) is 0 Å². The van der Waals surface area contributed by atoms with Gasteiger partial charge in [0.15, 0.2) is 0 Å². The van der Waals surface area contributed by atoms with Crippen molar-refractivity contribution in [2.24, 2.45) is 0 Å². The highest BCUT2D eigenvalue weighted by Gasteiger charge is 2.30. The third-order valence-corrected chi connectivity index (χ3v) is 7.00. The minimum atomic E-state index is -3.74. The van der Waals surface area contributed by atoms with E-state index in [9.17, 15) is 18.0 Å². The van der Waals surface area contributed by atoms with Crippen LogP contribution < -0.4 is 4.74 Å². The molecule has 148 valence electrons. The lowest BCUT2D eigenvalue weighted by atomic mass is 10.1. The first-order chi connectivity index (χ1) is 13.0. The van der Waals surface area contributed by atoms with Crippen molar-refractivity contribution in [3.05, 3.63) is 23.8 Å². The molecular weight excluding hydrogens is 370 g/mol. The third-order valence-electron chi connectivity index (χ3n) is 5.10. The van der Waals surface area contributed by atoms with Crippen LogP contribution in [0.2, 0.25) is 0 Å². The molecule has 0 radical (unpaired) electrons. The van der Waals surface area contributed by atoms with Crippen molar-refractivity contribution in [3.63, 3.8) is 0 Å². The summed E-state index contributed by atoms with van der Waals surface area (Å²) < 4.78 is 32.6. The largest absolute Gasteiger partial charge is 0.496 e. The van der Waals surface area contributed by atoms with Crippen LogP contribution in [0.5, 0.6) is 5.75 Å². The maximum absolute atomic E-state index is 13.0. The second-order valence-electron chi connectivity index (χ2n) is 6.76. The Hall–Kier alpha value is -2.13. The standard InChI is InChI=1S/C18H25N3O5S/c1-26-17-6-5-15(13-16(17)18(23)20-7-3-2-4-8-20)27(24,25)21-11-9-19(14-22)10-12-21/h5-6,13-14H,2-4,7-12H2,1H3. The summed E-state index contributed by atoms with van der Waals surface area (Å²) in [5.74, 6) is 0.171. The number of hydrogen-bond donors (Lipinski definition) is 0. The minimum absolute atomic E-state index is 0.0724. The van der Waals surface area contributed by atoms with Gasteiger partial charge in [-0.1, -0.05) is 0 Å². The number of likely N-dealkylation sites (tertiary alicyclic amines) is 1. The summed E-state index contributed by atoms with van der Waals surface area (Å²) >= 11 is 0. The van der Waals surface area contributed by atoms with E-state index in [1.165, 1.54) is 29.6 Å². The molecule has 0 N–H and O–H groups in total.